The summed E-state index contributed by atoms with van der Waals surface area (Å²) in [6.45, 7) is 6.14. The van der Waals surface area contributed by atoms with Gasteiger partial charge >= 0.3 is 0 Å². The van der Waals surface area contributed by atoms with Crippen LogP contribution in [0.5, 0.6) is 0 Å². The molecule has 8 heteroatoms. The minimum Gasteiger partial charge on any atom is -0.342 e. The number of halogens is 1. The molecule has 0 saturated carbocycles. The lowest BCUT2D eigenvalue weighted by Crippen LogP contribution is -2.48. The Morgan fingerprint density at radius 1 is 1.00 bits per heavy atom. The van der Waals surface area contributed by atoms with Gasteiger partial charge in [0.25, 0.3) is 0 Å². The van der Waals surface area contributed by atoms with E-state index in [9.17, 15) is 13.2 Å². The van der Waals surface area contributed by atoms with Crippen molar-refractivity contribution < 1.29 is 13.2 Å². The largest absolute Gasteiger partial charge is 0.342 e. The first-order valence-electron chi connectivity index (χ1n) is 9.41. The number of sulfonamides is 1. The third kappa shape index (κ3) is 4.83. The highest BCUT2D eigenvalue weighted by atomic mass is 35.5. The molecule has 6 nitrogen and oxygen atoms in total. The van der Waals surface area contributed by atoms with Crippen molar-refractivity contribution in [2.45, 2.75) is 50.5 Å². The minimum atomic E-state index is -3.49. The van der Waals surface area contributed by atoms with E-state index in [1.807, 2.05) is 24.8 Å². The molecule has 0 aromatic heterocycles. The Morgan fingerprint density at radius 3 is 2.15 bits per heavy atom. The summed E-state index contributed by atoms with van der Waals surface area (Å²) in [6.07, 6.45) is 2.88. The van der Waals surface area contributed by atoms with E-state index in [4.69, 9.17) is 5.73 Å². The zero-order valence-corrected chi connectivity index (χ0v) is 17.7. The summed E-state index contributed by atoms with van der Waals surface area (Å²) < 4.78 is 27.3. The molecular formula is C19H30ClN3O3S. The van der Waals surface area contributed by atoms with Crippen LogP contribution >= 0.6 is 12.4 Å². The fourth-order valence-electron chi connectivity index (χ4n) is 3.74. The second kappa shape index (κ2) is 8.90. The molecule has 0 spiro atoms. The quantitative estimate of drug-likeness (QED) is 0.819. The molecule has 2 saturated heterocycles. The van der Waals surface area contributed by atoms with Gasteiger partial charge in [-0.05, 0) is 62.8 Å². The number of hydrogen-bond donors (Lipinski definition) is 1. The molecule has 2 N–H and O–H groups in total. The first kappa shape index (κ1) is 22.1. The van der Waals surface area contributed by atoms with Gasteiger partial charge in [-0.1, -0.05) is 6.07 Å². The van der Waals surface area contributed by atoms with Gasteiger partial charge in [0.15, 0.2) is 0 Å². The van der Waals surface area contributed by atoms with E-state index in [-0.39, 0.29) is 30.3 Å². The number of nitrogens with two attached hydrogens (primary N) is 1. The van der Waals surface area contributed by atoms with Crippen LogP contribution in [-0.2, 0) is 14.8 Å². The number of piperidine rings is 2. The summed E-state index contributed by atoms with van der Waals surface area (Å²) in [5, 5.41) is 0. The van der Waals surface area contributed by atoms with E-state index in [0.29, 0.717) is 30.8 Å². The maximum atomic E-state index is 12.9. The van der Waals surface area contributed by atoms with E-state index in [2.05, 4.69) is 0 Å². The molecule has 0 atom stereocenters. The normalized spacial score (nSPS) is 20.3. The van der Waals surface area contributed by atoms with Crippen LogP contribution in [0.25, 0.3) is 0 Å². The van der Waals surface area contributed by atoms with Gasteiger partial charge in [-0.25, -0.2) is 8.42 Å². The van der Waals surface area contributed by atoms with Crippen LogP contribution < -0.4 is 5.73 Å². The first-order valence-corrected chi connectivity index (χ1v) is 10.8. The number of benzene rings is 1. The number of carbonyl (C=O) groups is 1. The number of rotatable bonds is 3. The Kier molecular flexibility index (Phi) is 7.30. The third-order valence-corrected chi connectivity index (χ3v) is 7.67. The Hall–Kier alpha value is -1.15. The van der Waals surface area contributed by atoms with Gasteiger partial charge in [0, 0.05) is 38.1 Å². The molecule has 0 unspecified atom stereocenters. The van der Waals surface area contributed by atoms with Crippen LogP contribution in [0.3, 0.4) is 0 Å². The van der Waals surface area contributed by atoms with Crippen LogP contribution in [-0.4, -0.2) is 55.8 Å². The van der Waals surface area contributed by atoms with E-state index in [1.54, 1.807) is 12.1 Å². The molecule has 152 valence electrons. The second-order valence-electron chi connectivity index (χ2n) is 7.59. The van der Waals surface area contributed by atoms with Gasteiger partial charge in [-0.3, -0.25) is 4.79 Å². The van der Waals surface area contributed by atoms with Crippen molar-refractivity contribution in [3.8, 4) is 0 Å². The number of nitrogens with zero attached hydrogens (tertiary/aromatic N) is 2. The minimum absolute atomic E-state index is 0. The van der Waals surface area contributed by atoms with Crippen molar-refractivity contribution in [1.29, 1.82) is 0 Å². The summed E-state index contributed by atoms with van der Waals surface area (Å²) in [7, 11) is -3.49. The smallest absolute Gasteiger partial charge is 0.243 e. The van der Waals surface area contributed by atoms with E-state index < -0.39 is 10.0 Å². The SMILES string of the molecule is Cc1ccc(S(=O)(=O)N2CCC(C(=O)N3CCC(N)CC3)CC2)cc1C.Cl. The molecule has 0 aliphatic carbocycles. The molecule has 0 bridgehead atoms. The zero-order chi connectivity index (χ0) is 18.9. The summed E-state index contributed by atoms with van der Waals surface area (Å²) in [4.78, 5) is 14.9. The van der Waals surface area contributed by atoms with Crippen molar-refractivity contribution in [3.05, 3.63) is 29.3 Å². The molecule has 1 aromatic rings. The van der Waals surface area contributed by atoms with E-state index in [1.165, 1.54) is 4.31 Å². The predicted molar refractivity (Wildman–Crippen MR) is 108 cm³/mol. The molecule has 0 radical (unpaired) electrons. The second-order valence-corrected chi connectivity index (χ2v) is 9.53. The van der Waals surface area contributed by atoms with Gasteiger partial charge in [0.1, 0.15) is 0 Å². The molecule has 2 aliphatic heterocycles. The summed E-state index contributed by atoms with van der Waals surface area (Å²) in [6, 6.07) is 5.45. The molecule has 27 heavy (non-hydrogen) atoms. The number of hydrogen-bond acceptors (Lipinski definition) is 4. The van der Waals surface area contributed by atoms with Gasteiger partial charge in [-0.2, -0.15) is 4.31 Å². The van der Waals surface area contributed by atoms with Crippen LogP contribution in [0, 0.1) is 19.8 Å². The van der Waals surface area contributed by atoms with Crippen molar-refractivity contribution in [2.75, 3.05) is 26.2 Å². The van der Waals surface area contributed by atoms with Gasteiger partial charge in [0.2, 0.25) is 15.9 Å². The average Bonchev–Trinajstić information content (AvgIpc) is 2.64. The zero-order valence-electron chi connectivity index (χ0n) is 16.1. The van der Waals surface area contributed by atoms with Crippen LogP contribution in [0.4, 0.5) is 0 Å². The summed E-state index contributed by atoms with van der Waals surface area (Å²) in [5.41, 5.74) is 7.96. The fourth-order valence-corrected chi connectivity index (χ4v) is 5.30. The third-order valence-electron chi connectivity index (χ3n) is 5.77. The highest BCUT2D eigenvalue weighted by Gasteiger charge is 2.34. The lowest BCUT2D eigenvalue weighted by atomic mass is 9.95. The predicted octanol–water partition coefficient (Wildman–Crippen LogP) is 2.08. The topological polar surface area (TPSA) is 83.7 Å². The fraction of sp³-hybridized carbons (Fsp3) is 0.632. The van der Waals surface area contributed by atoms with E-state index in [0.717, 1.165) is 37.1 Å². The molecular weight excluding hydrogens is 386 g/mol. The molecule has 3 rings (SSSR count). The number of amides is 1. The number of carbonyl (C=O) groups excluding carboxylic acids is 1. The average molecular weight is 416 g/mol. The van der Waals surface area contributed by atoms with Crippen LogP contribution in [0.2, 0.25) is 0 Å². The van der Waals surface area contributed by atoms with Crippen LogP contribution in [0.1, 0.15) is 36.8 Å². The van der Waals surface area contributed by atoms with Crippen LogP contribution in [0.15, 0.2) is 23.1 Å². The lowest BCUT2D eigenvalue weighted by molar-refractivity contribution is -0.137. The maximum absolute atomic E-state index is 12.9. The van der Waals surface area contributed by atoms with E-state index >= 15 is 0 Å². The standard InChI is InChI=1S/C19H29N3O3S.ClH/c1-14-3-4-18(13-15(14)2)26(24,25)22-11-5-16(6-12-22)19(23)21-9-7-17(20)8-10-21;/h3-4,13,16-17H,5-12,20H2,1-2H3;1H. The molecule has 2 fully saturated rings. The highest BCUT2D eigenvalue weighted by Crippen LogP contribution is 2.27. The number of likely N-dealkylation sites (tertiary alicyclic amines) is 1. The summed E-state index contributed by atoms with van der Waals surface area (Å²) >= 11 is 0. The van der Waals surface area contributed by atoms with Crippen molar-refractivity contribution in [3.63, 3.8) is 0 Å². The van der Waals surface area contributed by atoms with Gasteiger partial charge in [-0.15, -0.1) is 12.4 Å². The molecule has 1 aromatic carbocycles. The van der Waals surface area contributed by atoms with Crippen molar-refractivity contribution in [1.82, 2.24) is 9.21 Å². The van der Waals surface area contributed by atoms with Crippen molar-refractivity contribution >= 4 is 28.3 Å². The van der Waals surface area contributed by atoms with Gasteiger partial charge in [0.05, 0.1) is 4.90 Å². The Balaban J connectivity index is 0.00000261. The Morgan fingerprint density at radius 2 is 1.59 bits per heavy atom. The maximum Gasteiger partial charge on any atom is 0.243 e. The molecule has 1 amide bonds. The lowest BCUT2D eigenvalue weighted by Gasteiger charge is -2.36. The number of aryl methyl sites for hydroxylation is 2. The Bertz CT molecular complexity index is 768. The summed E-state index contributed by atoms with van der Waals surface area (Å²) in [5.74, 6) is 0.0932. The Labute approximate surface area is 168 Å². The monoisotopic (exact) mass is 415 g/mol. The molecule has 2 aliphatic rings. The highest BCUT2D eigenvalue weighted by molar-refractivity contribution is 7.89. The van der Waals surface area contributed by atoms with Gasteiger partial charge < -0.3 is 10.6 Å². The van der Waals surface area contributed by atoms with Crippen molar-refractivity contribution in [2.24, 2.45) is 11.7 Å². The first-order chi connectivity index (χ1) is 12.3. The molecule has 2 heterocycles.